The molecule has 0 saturated carbocycles. The van der Waals surface area contributed by atoms with E-state index in [9.17, 15) is 22.9 Å². The number of sulfonamides is 1. The van der Waals surface area contributed by atoms with E-state index in [0.717, 1.165) is 11.8 Å². The number of carbonyl (C=O) groups excluding carboxylic acids is 1. The van der Waals surface area contributed by atoms with Gasteiger partial charge in [0, 0.05) is 0 Å². The van der Waals surface area contributed by atoms with Crippen LogP contribution in [0, 0.1) is 42.8 Å². The fourth-order valence-electron chi connectivity index (χ4n) is 3.98. The molecule has 4 rings (SSSR count). The summed E-state index contributed by atoms with van der Waals surface area (Å²) in [7, 11) is -7.02. The van der Waals surface area contributed by atoms with Gasteiger partial charge in [-0.1, -0.05) is 18.2 Å². The van der Waals surface area contributed by atoms with Crippen molar-refractivity contribution in [2.45, 2.75) is 13.3 Å². The van der Waals surface area contributed by atoms with Gasteiger partial charge in [-0.2, -0.15) is 0 Å². The maximum absolute atomic E-state index is 14.3. The average Bonchev–Trinajstić information content (AvgIpc) is 2.99. The summed E-state index contributed by atoms with van der Waals surface area (Å²) in [6.45, 7) is 0.481. The van der Waals surface area contributed by atoms with E-state index >= 15 is 0 Å². The molecule has 3 atom stereocenters. The molecule has 0 bridgehead atoms. The molecule has 14 heteroatoms. The van der Waals surface area contributed by atoms with Gasteiger partial charge in [-0.15, -0.1) is 0 Å². The van der Waals surface area contributed by atoms with Crippen molar-refractivity contribution in [3.05, 3.63) is 71.2 Å². The summed E-state index contributed by atoms with van der Waals surface area (Å²) in [5, 5.41) is 10.7. The first-order valence-electron chi connectivity index (χ1n) is 11.0. The molecule has 3 aliphatic rings. The summed E-state index contributed by atoms with van der Waals surface area (Å²) >= 11 is -0.346. The zero-order valence-electron chi connectivity index (χ0n) is 19.6. The van der Waals surface area contributed by atoms with Gasteiger partial charge < -0.3 is 0 Å². The molecule has 3 unspecified atom stereocenters. The molecule has 0 spiro atoms. The van der Waals surface area contributed by atoms with Gasteiger partial charge in [0.2, 0.25) is 0 Å². The molecule has 1 aliphatic carbocycles. The summed E-state index contributed by atoms with van der Waals surface area (Å²) in [6, 6.07) is 9.57. The second-order valence-corrected chi connectivity index (χ2v) is 19.9. The number of aliphatic hydroxyl groups is 1. The number of hydrogen-bond acceptors (Lipinski definition) is 7. The molecule has 0 radical (unpaired) electrons. The van der Waals surface area contributed by atoms with E-state index in [1.807, 2.05) is 30.3 Å². The number of nitrogens with one attached hydrogen (secondary N) is 1. The molecule has 2 N–H and O–H groups in total. The quantitative estimate of drug-likeness (QED) is 0.298. The molecule has 1 aromatic rings. The number of aliphatic hydroxyl groups excluding tert-OH is 1. The molecule has 176 valence electrons. The van der Waals surface area contributed by atoms with Crippen LogP contribution in [0.1, 0.15) is 5.56 Å². The SMILES string of the molecule is CS(=O)(=O)NC1=CC2C(=NC(C3=C(O)[CH]([RaH])[N]([Rb])C3=O)=NP2(=O)CCOCc2ccccc2)C=C1. The second-order valence-electron chi connectivity index (χ2n) is 8.60. The molecule has 35 heavy (non-hydrogen) atoms. The first kappa shape index (κ1) is 28.3. The summed E-state index contributed by atoms with van der Waals surface area (Å²) in [5.74, 6) is -0.349. The Morgan fingerprint density at radius 3 is 2.63 bits per heavy atom. The Kier molecular flexibility index (Phi) is 9.34. The normalized spacial score (nSPS) is 26.3. The number of fused-ring (bicyclic) bond motifs is 1. The number of benzene rings is 1. The van der Waals surface area contributed by atoms with Gasteiger partial charge in [-0.05, 0) is 0 Å². The fourth-order valence-corrected chi connectivity index (χ4v) is 10.2. The van der Waals surface area contributed by atoms with Gasteiger partial charge >= 0.3 is 260 Å². The van der Waals surface area contributed by atoms with Gasteiger partial charge in [0.25, 0.3) is 0 Å². The minimum atomic E-state index is -3.54. The molecule has 0 aromatic heterocycles. The Morgan fingerprint density at radius 2 is 2.00 bits per heavy atom. The number of hydrogen-bond donors (Lipinski definition) is 2. The molecule has 0 fully saturated rings. The van der Waals surface area contributed by atoms with Crippen LogP contribution in [0.2, 0.25) is 0 Å². The summed E-state index contributed by atoms with van der Waals surface area (Å²) in [6.07, 6.45) is 5.76. The molecular formula is C21H22N4O6PRaRbS. The van der Waals surface area contributed by atoms with Crippen molar-refractivity contribution in [1.29, 1.82) is 0 Å². The number of amides is 1. The number of allylic oxidation sites excluding steroid dienone is 3. The predicted molar refractivity (Wildman–Crippen MR) is 130 cm³/mol. The van der Waals surface area contributed by atoms with Crippen molar-refractivity contribution in [2.24, 2.45) is 9.76 Å². The van der Waals surface area contributed by atoms with Crippen LogP contribution < -0.4 is 4.72 Å². The monoisotopic (exact) mass is 800 g/mol. The van der Waals surface area contributed by atoms with E-state index in [1.165, 1.54) is 6.08 Å². The molecule has 1 amide bonds. The van der Waals surface area contributed by atoms with Crippen LogP contribution in [-0.4, -0.2) is 111 Å². The third-order valence-corrected chi connectivity index (χ3v) is 28.0. The molecule has 10 nitrogen and oxygen atoms in total. The third kappa shape index (κ3) is 6.64. The molecule has 2 heterocycles. The van der Waals surface area contributed by atoms with Crippen molar-refractivity contribution in [2.75, 3.05) is 19.0 Å². The van der Waals surface area contributed by atoms with Crippen LogP contribution >= 0.6 is 7.29 Å². The van der Waals surface area contributed by atoms with E-state index in [0.29, 0.717) is 12.3 Å². The number of nitrogens with zero attached hydrogens (tertiary/aromatic N) is 3. The summed E-state index contributed by atoms with van der Waals surface area (Å²) in [5.41, 5.74) is 0.923. The molecular weight excluding hydrogens is 779 g/mol. The standard InChI is InChI=1S/C21H21N4O6PS.Ra.Rb.H/c1-33(29,30)25-15-7-8-16-18(11-15)32(28,10-9-31-13-14-5-3-2-4-6-14)24-20(23-16)19-17(26)12-22-21(19)27;;;/h2-8,11-12,18,25H,9-10,13H2,1H3,(H-,22,24,26,27,28);;;/q-1;;+1;. The molecule has 2 aliphatic heterocycles. The second kappa shape index (κ2) is 11.6. The molecule has 1 aromatic carbocycles. The van der Waals surface area contributed by atoms with Crippen molar-refractivity contribution < 1.29 is 70.4 Å². The maximum atomic E-state index is 14.3. The zero-order valence-corrected chi connectivity index (χ0v) is 34.4. The first-order valence-corrected chi connectivity index (χ1v) is 21.7. The number of ether oxygens (including phenoxy) is 1. The number of aliphatic imine (C=N–C) groups is 1. The van der Waals surface area contributed by atoms with Crippen LogP contribution in [0.3, 0.4) is 0 Å². The number of carbonyl (C=O) groups is 1. The topological polar surface area (TPSA) is 138 Å². The van der Waals surface area contributed by atoms with Gasteiger partial charge in [0.05, 0.1) is 0 Å². The van der Waals surface area contributed by atoms with E-state index < -0.39 is 23.0 Å². The van der Waals surface area contributed by atoms with Crippen LogP contribution in [0.4, 0.5) is 0 Å². The Hall–Kier alpha value is 0.263. The summed E-state index contributed by atoms with van der Waals surface area (Å²) in [4.78, 5) is 17.3. The minimum absolute atomic E-state index is 0.0140. The Morgan fingerprint density at radius 1 is 1.29 bits per heavy atom. The fraction of sp³-hybridized carbons (Fsp3) is 0.286. The zero-order chi connectivity index (χ0) is 25.4. The molecule has 0 saturated heterocycles. The van der Waals surface area contributed by atoms with E-state index in [4.69, 9.17) is 4.74 Å². The van der Waals surface area contributed by atoms with Crippen molar-refractivity contribution in [1.82, 2.24) is 3.37 Å². The summed E-state index contributed by atoms with van der Waals surface area (Å²) < 4.78 is 51.8. The Labute approximate surface area is 273 Å². The van der Waals surface area contributed by atoms with Crippen molar-refractivity contribution in [3.8, 4) is 0 Å². The van der Waals surface area contributed by atoms with Gasteiger partial charge in [-0.25, -0.2) is 0 Å². The van der Waals surface area contributed by atoms with Gasteiger partial charge in [-0.3, -0.25) is 0 Å². The third-order valence-electron chi connectivity index (χ3n) is 5.97. The number of amidine groups is 1. The van der Waals surface area contributed by atoms with Crippen LogP contribution in [-0.2, 0) is 30.7 Å². The van der Waals surface area contributed by atoms with Crippen molar-refractivity contribution >= 4 is 90.8 Å². The average molecular weight is 801 g/mol. The van der Waals surface area contributed by atoms with Crippen LogP contribution in [0.5, 0.6) is 0 Å². The van der Waals surface area contributed by atoms with E-state index in [1.54, 1.807) is 10.8 Å². The van der Waals surface area contributed by atoms with E-state index in [2.05, 4.69) is 14.5 Å². The van der Waals surface area contributed by atoms with Gasteiger partial charge in [0.15, 0.2) is 0 Å². The predicted octanol–water partition coefficient (Wildman–Crippen LogP) is 1.05. The first-order chi connectivity index (χ1) is 16.5. The van der Waals surface area contributed by atoms with Gasteiger partial charge in [0.1, 0.15) is 0 Å². The van der Waals surface area contributed by atoms with Crippen LogP contribution in [0.25, 0.3) is 0 Å². The van der Waals surface area contributed by atoms with Crippen LogP contribution in [0.15, 0.2) is 75.3 Å². The van der Waals surface area contributed by atoms with Crippen molar-refractivity contribution in [3.63, 3.8) is 0 Å². The Bertz CT molecular complexity index is 1360. The Balaban J connectivity index is 1.65. The van der Waals surface area contributed by atoms with E-state index in [-0.39, 0.29) is 141 Å². The number of rotatable bonds is 8.